The van der Waals surface area contributed by atoms with Crippen molar-refractivity contribution < 1.29 is 31.8 Å². The van der Waals surface area contributed by atoms with E-state index in [2.05, 4.69) is 25.1 Å². The molecule has 3 rings (SSSR count). The number of fused-ring (bicyclic) bond motifs is 1. The third-order valence-corrected chi connectivity index (χ3v) is 5.07. The molecule has 0 saturated carbocycles. The number of aliphatic hydroxyl groups is 1. The highest BCUT2D eigenvalue weighted by molar-refractivity contribution is 7.80. The first kappa shape index (κ1) is 22.5. The molecule has 3 heterocycles. The number of hydrogen-bond acceptors (Lipinski definition) is 13. The third kappa shape index (κ3) is 4.60. The summed E-state index contributed by atoms with van der Waals surface area (Å²) in [5.74, 6) is 5.39. The summed E-state index contributed by atoms with van der Waals surface area (Å²) in [7, 11) is -1.57. The topological polar surface area (TPSA) is 213 Å². The SMILES string of the molecule is CNc1nc2c(N)ncnc2n1[C@@H]1O[C@H](CN(C)CCON)[C@@H](OS(=O)(=O)O)[C@H]1O. The first-order chi connectivity index (χ1) is 14.2. The van der Waals surface area contributed by atoms with Crippen molar-refractivity contribution >= 4 is 33.3 Å². The molecule has 1 aliphatic rings. The van der Waals surface area contributed by atoms with E-state index in [1.54, 1.807) is 19.0 Å². The lowest BCUT2D eigenvalue weighted by atomic mass is 10.1. The first-order valence-corrected chi connectivity index (χ1v) is 10.2. The van der Waals surface area contributed by atoms with Crippen molar-refractivity contribution in [3.8, 4) is 0 Å². The normalized spacial score (nSPS) is 24.7. The standard InChI is InChI=1S/C14H24N8O7S/c1-17-14-20-8-11(15)18-6-19-12(8)22(14)13-9(23)10(29-30(24,25)26)7(28-13)5-21(2)3-4-27-16/h6-7,9-10,13,23H,3-5,16H2,1-2H3,(H,17,20)(H2,15,18,19)(H,24,25,26)/t7-,9-,10-,13-/m1/s1. The molecule has 30 heavy (non-hydrogen) atoms. The average Bonchev–Trinajstić information content (AvgIpc) is 3.18. The van der Waals surface area contributed by atoms with Crippen molar-refractivity contribution in [1.29, 1.82) is 0 Å². The molecule has 0 spiro atoms. The number of imidazole rings is 1. The number of ether oxygens (including phenoxy) is 1. The molecule has 0 radical (unpaired) electrons. The molecule has 1 saturated heterocycles. The second kappa shape index (κ2) is 8.90. The number of anilines is 2. The summed E-state index contributed by atoms with van der Waals surface area (Å²) < 4.78 is 44.0. The van der Waals surface area contributed by atoms with Gasteiger partial charge in [-0.05, 0) is 7.05 Å². The van der Waals surface area contributed by atoms with Crippen molar-refractivity contribution in [1.82, 2.24) is 24.4 Å². The summed E-state index contributed by atoms with van der Waals surface area (Å²) in [6.45, 7) is 0.746. The van der Waals surface area contributed by atoms with Gasteiger partial charge in [-0.2, -0.15) is 8.42 Å². The fourth-order valence-corrected chi connectivity index (χ4v) is 3.81. The van der Waals surface area contributed by atoms with Crippen molar-refractivity contribution in [2.24, 2.45) is 5.90 Å². The number of rotatable bonds is 9. The molecule has 168 valence electrons. The molecule has 2 aromatic heterocycles. The van der Waals surface area contributed by atoms with Gasteiger partial charge in [0, 0.05) is 20.1 Å². The van der Waals surface area contributed by atoms with E-state index in [1.165, 1.54) is 10.9 Å². The van der Waals surface area contributed by atoms with E-state index in [9.17, 15) is 18.1 Å². The number of nitrogens with two attached hydrogens (primary N) is 2. The molecule has 1 aliphatic heterocycles. The maximum Gasteiger partial charge on any atom is 0.397 e. The second-order valence-electron chi connectivity index (χ2n) is 6.66. The van der Waals surface area contributed by atoms with Gasteiger partial charge in [0.15, 0.2) is 23.2 Å². The number of nitrogen functional groups attached to an aromatic ring is 1. The van der Waals surface area contributed by atoms with Gasteiger partial charge in [-0.3, -0.25) is 9.12 Å². The maximum atomic E-state index is 11.4. The van der Waals surface area contributed by atoms with Gasteiger partial charge in [-0.25, -0.2) is 25.0 Å². The van der Waals surface area contributed by atoms with Crippen LogP contribution in [-0.4, -0.2) is 94.6 Å². The Kier molecular flexibility index (Phi) is 6.68. The summed E-state index contributed by atoms with van der Waals surface area (Å²) in [5, 5.41) is 13.7. The van der Waals surface area contributed by atoms with Crippen LogP contribution in [0.25, 0.3) is 11.2 Å². The summed E-state index contributed by atoms with van der Waals surface area (Å²) in [6.07, 6.45) is -3.79. The van der Waals surface area contributed by atoms with Crippen LogP contribution < -0.4 is 16.9 Å². The van der Waals surface area contributed by atoms with Gasteiger partial charge in [0.1, 0.15) is 24.6 Å². The minimum absolute atomic E-state index is 0.117. The molecule has 0 unspecified atom stereocenters. The van der Waals surface area contributed by atoms with Crippen molar-refractivity contribution in [3.63, 3.8) is 0 Å². The van der Waals surface area contributed by atoms with Gasteiger partial charge >= 0.3 is 10.4 Å². The highest BCUT2D eigenvalue weighted by Crippen LogP contribution is 2.37. The van der Waals surface area contributed by atoms with Crippen molar-refractivity contribution in [3.05, 3.63) is 6.33 Å². The largest absolute Gasteiger partial charge is 0.397 e. The monoisotopic (exact) mass is 448 g/mol. The number of nitrogens with zero attached hydrogens (tertiary/aromatic N) is 5. The fourth-order valence-electron chi connectivity index (χ4n) is 3.29. The number of aliphatic hydroxyl groups excluding tert-OH is 1. The summed E-state index contributed by atoms with van der Waals surface area (Å²) in [5.41, 5.74) is 6.38. The van der Waals surface area contributed by atoms with Gasteiger partial charge in [-0.15, -0.1) is 0 Å². The number of hydrogen-bond donors (Lipinski definition) is 5. The Bertz CT molecular complexity index is 986. The molecule has 4 atom stereocenters. The van der Waals surface area contributed by atoms with Gasteiger partial charge in [0.05, 0.1) is 6.61 Å². The molecule has 0 bridgehead atoms. The van der Waals surface area contributed by atoms with E-state index in [1.807, 2.05) is 0 Å². The average molecular weight is 448 g/mol. The van der Waals surface area contributed by atoms with Gasteiger partial charge in [0.25, 0.3) is 0 Å². The quantitative estimate of drug-likeness (QED) is 0.202. The highest BCUT2D eigenvalue weighted by Gasteiger charge is 2.49. The molecular weight excluding hydrogens is 424 g/mol. The van der Waals surface area contributed by atoms with E-state index in [4.69, 9.17) is 20.6 Å². The zero-order chi connectivity index (χ0) is 22.1. The van der Waals surface area contributed by atoms with Crippen LogP contribution in [0, 0.1) is 0 Å². The van der Waals surface area contributed by atoms with Crippen LogP contribution in [-0.2, 0) is 24.2 Å². The Morgan fingerprint density at radius 1 is 1.43 bits per heavy atom. The maximum absolute atomic E-state index is 11.4. The van der Waals surface area contributed by atoms with Crippen LogP contribution in [0.2, 0.25) is 0 Å². The van der Waals surface area contributed by atoms with Crippen LogP contribution in [0.15, 0.2) is 6.33 Å². The first-order valence-electron chi connectivity index (χ1n) is 8.82. The molecule has 2 aromatic rings. The lowest BCUT2D eigenvalue weighted by molar-refractivity contribution is -0.0423. The number of aromatic nitrogens is 4. The lowest BCUT2D eigenvalue weighted by Crippen LogP contribution is -2.42. The Labute approximate surface area is 171 Å². The Balaban J connectivity index is 1.98. The lowest BCUT2D eigenvalue weighted by Gasteiger charge is -2.23. The fraction of sp³-hybridized carbons (Fsp3) is 0.643. The summed E-state index contributed by atoms with van der Waals surface area (Å²) in [4.78, 5) is 18.6. The van der Waals surface area contributed by atoms with E-state index in [0.29, 0.717) is 6.54 Å². The minimum Gasteiger partial charge on any atom is -0.385 e. The molecule has 0 aromatic carbocycles. The molecule has 15 nitrogen and oxygen atoms in total. The van der Waals surface area contributed by atoms with Crippen LogP contribution in [0.1, 0.15) is 6.23 Å². The van der Waals surface area contributed by atoms with E-state index in [0.717, 1.165) is 0 Å². The zero-order valence-corrected chi connectivity index (χ0v) is 17.1. The van der Waals surface area contributed by atoms with E-state index < -0.39 is 34.9 Å². The second-order valence-corrected chi connectivity index (χ2v) is 7.71. The van der Waals surface area contributed by atoms with Crippen LogP contribution in [0.4, 0.5) is 11.8 Å². The van der Waals surface area contributed by atoms with E-state index in [-0.39, 0.29) is 36.1 Å². The minimum atomic E-state index is -4.87. The molecule has 7 N–H and O–H groups in total. The van der Waals surface area contributed by atoms with Crippen LogP contribution >= 0.6 is 0 Å². The Morgan fingerprint density at radius 2 is 2.17 bits per heavy atom. The third-order valence-electron chi connectivity index (χ3n) is 4.61. The van der Waals surface area contributed by atoms with Crippen molar-refractivity contribution in [2.75, 3.05) is 44.8 Å². The van der Waals surface area contributed by atoms with Crippen LogP contribution in [0.5, 0.6) is 0 Å². The number of likely N-dealkylation sites (N-methyl/N-ethyl adjacent to an activating group) is 1. The van der Waals surface area contributed by atoms with Gasteiger partial charge in [0.2, 0.25) is 5.95 Å². The highest BCUT2D eigenvalue weighted by atomic mass is 32.3. The van der Waals surface area contributed by atoms with E-state index >= 15 is 0 Å². The molecule has 0 aliphatic carbocycles. The predicted octanol–water partition coefficient (Wildman–Crippen LogP) is -2.28. The van der Waals surface area contributed by atoms with Crippen molar-refractivity contribution in [2.45, 2.75) is 24.5 Å². The Morgan fingerprint density at radius 3 is 2.80 bits per heavy atom. The van der Waals surface area contributed by atoms with Crippen LogP contribution in [0.3, 0.4) is 0 Å². The Hall–Kier alpha value is -2.18. The predicted molar refractivity (Wildman–Crippen MR) is 103 cm³/mol. The van der Waals surface area contributed by atoms with Gasteiger partial charge in [-0.1, -0.05) is 0 Å². The molecule has 1 fully saturated rings. The summed E-state index contributed by atoms with van der Waals surface area (Å²) in [6, 6.07) is 0. The number of nitrogens with one attached hydrogen (secondary N) is 1. The molecular formula is C14H24N8O7S. The van der Waals surface area contributed by atoms with Gasteiger partial charge < -0.3 is 30.6 Å². The molecule has 16 heteroatoms. The summed E-state index contributed by atoms with van der Waals surface area (Å²) >= 11 is 0. The smallest absolute Gasteiger partial charge is 0.385 e. The molecule has 0 amide bonds. The zero-order valence-electron chi connectivity index (χ0n) is 16.2.